The highest BCUT2D eigenvalue weighted by Crippen LogP contribution is 2.45. The van der Waals surface area contributed by atoms with Gasteiger partial charge in [-0.2, -0.15) is 35.1 Å². The number of allylic oxidation sites excluding steroid dienone is 1. The van der Waals surface area contributed by atoms with E-state index in [4.69, 9.17) is 10.5 Å². The first-order valence-corrected chi connectivity index (χ1v) is 24.9. The molecule has 2 aliphatic rings. The molecule has 3 aromatic rings. The van der Waals surface area contributed by atoms with E-state index >= 15 is 8.78 Å². The zero-order valence-electron chi connectivity index (χ0n) is 44.5. The van der Waals surface area contributed by atoms with E-state index in [0.29, 0.717) is 68.2 Å². The zero-order valence-corrected chi connectivity index (χ0v) is 44.5. The second-order valence-electron chi connectivity index (χ2n) is 20.1. The van der Waals surface area contributed by atoms with E-state index in [0.717, 1.165) is 71.9 Å². The smallest absolute Gasteiger partial charge is 0.407 e. The number of aliphatic imine (C=N–C) groups is 1. The van der Waals surface area contributed by atoms with Crippen molar-refractivity contribution in [3.63, 3.8) is 0 Å². The quantitative estimate of drug-likeness (QED) is 0.0199. The number of rotatable bonds is 21. The Bertz CT molecular complexity index is 2710. The summed E-state index contributed by atoms with van der Waals surface area (Å²) in [6.07, 6.45) is -11.6. The number of piperazine rings is 1. The number of nitrogens with zero attached hydrogens (tertiary/aromatic N) is 5. The van der Waals surface area contributed by atoms with Gasteiger partial charge in [-0.1, -0.05) is 37.8 Å². The lowest BCUT2D eigenvalue weighted by Crippen LogP contribution is -2.62. The fraction of sp³-hybridized carbons (Fsp3) is 0.509. The summed E-state index contributed by atoms with van der Waals surface area (Å²) in [5.41, 5.74) is 1.37. The second-order valence-corrected chi connectivity index (χ2v) is 20.1. The lowest BCUT2D eigenvalue weighted by Gasteiger charge is -2.38. The summed E-state index contributed by atoms with van der Waals surface area (Å²) in [6.45, 7) is 1.79. The molecule has 2 saturated heterocycles. The zero-order chi connectivity index (χ0) is 59.3. The Hall–Kier alpha value is -7.02. The van der Waals surface area contributed by atoms with Crippen molar-refractivity contribution in [3.05, 3.63) is 100 Å². The van der Waals surface area contributed by atoms with Gasteiger partial charge in [0.15, 0.2) is 0 Å². The third-order valence-corrected chi connectivity index (χ3v) is 14.0. The van der Waals surface area contributed by atoms with Crippen LogP contribution in [-0.4, -0.2) is 153 Å². The molecule has 5 atom stereocenters. The van der Waals surface area contributed by atoms with Crippen LogP contribution in [0, 0.1) is 40.2 Å². The molecule has 2 aromatic carbocycles. The molecule has 17 nitrogen and oxygen atoms in total. The first kappa shape index (κ1) is 63.8. The number of anilines is 1. The minimum atomic E-state index is -5.17. The number of hydrogen-bond donors (Lipinski definition) is 5. The lowest BCUT2D eigenvalue weighted by molar-refractivity contribution is -0.231. The molecule has 1 aromatic heterocycles. The van der Waals surface area contributed by atoms with Crippen molar-refractivity contribution in [1.29, 1.82) is 0 Å². The number of nitrogens with one attached hydrogen (secondary N) is 3. The van der Waals surface area contributed by atoms with E-state index < -0.39 is 132 Å². The molecule has 3 heterocycles. The van der Waals surface area contributed by atoms with E-state index in [1.54, 1.807) is 6.20 Å². The summed E-state index contributed by atoms with van der Waals surface area (Å²) >= 11 is 0. The van der Waals surface area contributed by atoms with Crippen molar-refractivity contribution in [2.75, 3.05) is 65.1 Å². The summed E-state index contributed by atoms with van der Waals surface area (Å²) in [7, 11) is 1.66. The van der Waals surface area contributed by atoms with E-state index in [2.05, 4.69) is 51.8 Å². The Morgan fingerprint density at radius 2 is 1.50 bits per heavy atom. The number of methoxy groups -OCH3 is 2. The van der Waals surface area contributed by atoms with Crippen molar-refractivity contribution >= 4 is 41.6 Å². The summed E-state index contributed by atoms with van der Waals surface area (Å²) in [6, 6.07) is 7.19. The van der Waals surface area contributed by atoms with Gasteiger partial charge >= 0.3 is 31.0 Å². The summed E-state index contributed by atoms with van der Waals surface area (Å²) in [5, 5.41) is 16.7. The maximum absolute atomic E-state index is 15.9. The fourth-order valence-electron chi connectivity index (χ4n) is 8.62. The van der Waals surface area contributed by atoms with E-state index in [1.165, 1.54) is 24.3 Å². The average Bonchev–Trinajstić information content (AvgIpc) is 4.05. The number of alkyl halides is 8. The van der Waals surface area contributed by atoms with Gasteiger partial charge in [0.05, 0.1) is 56.1 Å². The van der Waals surface area contributed by atoms with Gasteiger partial charge in [0.1, 0.15) is 23.5 Å². The Balaban J connectivity index is 1.49. The van der Waals surface area contributed by atoms with Crippen LogP contribution in [-0.2, 0) is 41.6 Å². The number of ether oxygens (including phenoxy) is 3. The number of hydrazine groups is 1. The van der Waals surface area contributed by atoms with Gasteiger partial charge in [-0.15, -0.1) is 0 Å². The molecule has 2 aliphatic heterocycles. The Morgan fingerprint density at radius 3 is 2.04 bits per heavy atom. The maximum Gasteiger partial charge on any atom is 0.407 e. The summed E-state index contributed by atoms with van der Waals surface area (Å²) in [5.74, 6) is -2.78. The molecular formula is C53H63F10N9O8. The lowest BCUT2D eigenvalue weighted by atomic mass is 9.75. The Kier molecular flexibility index (Phi) is 21.9. The third kappa shape index (κ3) is 17.0. The second kappa shape index (κ2) is 27.4. The summed E-state index contributed by atoms with van der Waals surface area (Å²) in [4.78, 5) is 64.9. The van der Waals surface area contributed by atoms with Crippen LogP contribution in [0.4, 0.5) is 54.5 Å². The molecule has 3 amide bonds. The van der Waals surface area contributed by atoms with Crippen LogP contribution in [0.25, 0.3) is 5.70 Å². The molecule has 2 fully saturated rings. The van der Waals surface area contributed by atoms with Crippen molar-refractivity contribution in [2.45, 2.75) is 96.6 Å². The van der Waals surface area contributed by atoms with E-state index in [-0.39, 0.29) is 5.56 Å². The summed E-state index contributed by atoms with van der Waals surface area (Å²) < 4.78 is 159. The number of alkyl carbamates (subject to hydrolysis) is 1. The van der Waals surface area contributed by atoms with Crippen LogP contribution >= 0.6 is 0 Å². The number of esters is 1. The minimum Gasteiger partial charge on any atom is -0.469 e. The van der Waals surface area contributed by atoms with Gasteiger partial charge in [-0.3, -0.25) is 24.7 Å². The SMILES string of the molecule is COC(=O)C[C@H](C(=O)NN(Cc1c(F)cc(C(N)=CC=NC(F)F)cc1F)C[C@H](O)[C@H](Cc1ccc(C#Cc2ccc(N3CCN([C@H]4CCOC4)CC3)nc2)cc1)NC(=O)[C@@H](NC(=O)OC)C(C)(C)C(F)(F)F)C(C)(C)C(F)(F)F. The van der Waals surface area contributed by atoms with Gasteiger partial charge < -0.3 is 40.6 Å². The number of hydrogen-bond acceptors (Lipinski definition) is 14. The van der Waals surface area contributed by atoms with Crippen LogP contribution in [0.1, 0.15) is 68.4 Å². The molecule has 0 saturated carbocycles. The molecule has 5 rings (SSSR count). The topological polar surface area (TPSA) is 213 Å². The van der Waals surface area contributed by atoms with Gasteiger partial charge in [0.2, 0.25) is 11.8 Å². The van der Waals surface area contributed by atoms with Crippen molar-refractivity contribution < 1.29 is 82.4 Å². The largest absolute Gasteiger partial charge is 0.469 e. The van der Waals surface area contributed by atoms with Crippen LogP contribution in [0.3, 0.4) is 0 Å². The Morgan fingerprint density at radius 1 is 0.887 bits per heavy atom. The van der Waals surface area contributed by atoms with Crippen LogP contribution < -0.4 is 26.7 Å². The molecule has 80 heavy (non-hydrogen) atoms. The molecule has 0 aliphatic carbocycles. The predicted octanol–water partition coefficient (Wildman–Crippen LogP) is 6.27. The highest BCUT2D eigenvalue weighted by atomic mass is 19.4. The molecule has 0 unspecified atom stereocenters. The van der Waals surface area contributed by atoms with Crippen molar-refractivity contribution in [2.24, 2.45) is 27.5 Å². The normalized spacial score (nSPS) is 17.4. The van der Waals surface area contributed by atoms with Gasteiger partial charge in [-0.05, 0) is 74.7 Å². The molecule has 438 valence electrons. The van der Waals surface area contributed by atoms with Crippen molar-refractivity contribution in [3.8, 4) is 11.8 Å². The number of carbonyl (C=O) groups excluding carboxylic acids is 4. The minimum absolute atomic E-state index is 0.275. The predicted molar refractivity (Wildman–Crippen MR) is 272 cm³/mol. The number of carbonyl (C=O) groups is 4. The number of aliphatic hydroxyl groups is 1. The number of nitrogens with two attached hydrogens (primary N) is 1. The number of halogens is 10. The van der Waals surface area contributed by atoms with Crippen LogP contribution in [0.2, 0.25) is 0 Å². The molecule has 0 radical (unpaired) electrons. The first-order valence-electron chi connectivity index (χ1n) is 24.9. The molecule has 27 heteroatoms. The number of amides is 3. The number of aliphatic hydroxyl groups excluding tert-OH is 1. The maximum atomic E-state index is 15.9. The highest BCUT2D eigenvalue weighted by molar-refractivity contribution is 5.87. The monoisotopic (exact) mass is 1140 g/mol. The molecule has 0 bridgehead atoms. The number of benzene rings is 2. The van der Waals surface area contributed by atoms with Crippen molar-refractivity contribution in [1.82, 2.24) is 31.0 Å². The third-order valence-electron chi connectivity index (χ3n) is 14.0. The van der Waals surface area contributed by atoms with Crippen LogP contribution in [0.5, 0.6) is 0 Å². The van der Waals surface area contributed by atoms with Crippen LogP contribution in [0.15, 0.2) is 65.8 Å². The molecule has 6 N–H and O–H groups in total. The molecular weight excluding hydrogens is 1080 g/mol. The average molecular weight is 1140 g/mol. The van der Waals surface area contributed by atoms with Gasteiger partial charge in [-0.25, -0.2) is 28.6 Å². The number of pyridine rings is 1. The standard InChI is InChI=1S/C53H63F10N9O8/c1-50(2,52(58,59)60)37(26-44(74)78-5)46(75)69-72(28-36-38(54)24-34(25-39(36)55)40(64)15-17-65-48(56)57)29-42(73)41(67-47(76)45(68-49(77)79-6)51(3,4)53(61,62)63)23-32-10-7-31(8-11-32)9-12-33-13-14-43(66-27-33)71-20-18-70(19-21-71)35-16-22-80-30-35/h7-8,10-11,13-15,17,24-25,27,35,37,41-42,45,48,73H,16,18-23,26,28-30,64H2,1-6H3,(H,67,76)(H,68,77)(H,69,75)/t35-,37+,41-,42-,45+/m0/s1. The highest BCUT2D eigenvalue weighted by Gasteiger charge is 2.57. The van der Waals surface area contributed by atoms with E-state index in [1.807, 2.05) is 17.4 Å². The first-order chi connectivity index (χ1) is 37.4. The van der Waals surface area contributed by atoms with E-state index in [9.17, 15) is 59.4 Å². The van der Waals surface area contributed by atoms with Gasteiger partial charge in [0, 0.05) is 92.3 Å². The van der Waals surface area contributed by atoms with Gasteiger partial charge in [0.25, 0.3) is 0 Å². The molecule has 0 spiro atoms. The Labute approximate surface area is 455 Å². The number of aromatic nitrogens is 1. The fourth-order valence-corrected chi connectivity index (χ4v) is 8.62.